The van der Waals surface area contributed by atoms with Gasteiger partial charge in [0, 0.05) is 19.3 Å². The minimum Gasteiger partial charge on any atom is -0.480 e. The van der Waals surface area contributed by atoms with Crippen molar-refractivity contribution in [2.75, 3.05) is 0 Å². The van der Waals surface area contributed by atoms with E-state index in [2.05, 4.69) is 5.32 Å². The molecular weight excluding hydrogens is 426 g/mol. The molecule has 2 atom stereocenters. The SMILES string of the molecule is O=C1CCC[C@H]([C@H](NC(=O)CC(c2ccccc2)(c2ccccc2)c2ccccc2)C(=O)O)C1. The van der Waals surface area contributed by atoms with Crippen molar-refractivity contribution in [3.8, 4) is 0 Å². The zero-order valence-electron chi connectivity index (χ0n) is 19.0. The molecule has 174 valence electrons. The van der Waals surface area contributed by atoms with Crippen LogP contribution in [0.1, 0.15) is 48.8 Å². The number of Topliss-reactive ketones (excluding diaryl/α,β-unsaturated/α-hetero) is 1. The lowest BCUT2D eigenvalue weighted by Gasteiger charge is -2.36. The monoisotopic (exact) mass is 455 g/mol. The van der Waals surface area contributed by atoms with Crippen LogP contribution in [-0.4, -0.2) is 28.8 Å². The molecule has 1 saturated carbocycles. The van der Waals surface area contributed by atoms with Gasteiger partial charge >= 0.3 is 5.97 Å². The number of carboxylic acids is 1. The average molecular weight is 456 g/mol. The molecule has 1 amide bonds. The molecular formula is C29H29NO4. The standard InChI is InChI=1S/C29H29NO4/c31-25-18-10-11-21(19-25)27(28(33)34)30-26(32)20-29(22-12-4-1-5-13-22,23-14-6-2-7-15-23)24-16-8-3-9-17-24/h1-9,12-17,21,27H,10-11,18-20H2,(H,30,32)(H,33,34)/t21-,27-/m0/s1. The average Bonchev–Trinajstić information content (AvgIpc) is 2.87. The Morgan fingerprint density at radius 1 is 0.853 bits per heavy atom. The lowest BCUT2D eigenvalue weighted by molar-refractivity contribution is -0.144. The van der Waals surface area contributed by atoms with Gasteiger partial charge in [-0.15, -0.1) is 0 Å². The summed E-state index contributed by atoms with van der Waals surface area (Å²) in [7, 11) is 0. The Morgan fingerprint density at radius 2 is 1.32 bits per heavy atom. The van der Waals surface area contributed by atoms with Crippen LogP contribution in [0.5, 0.6) is 0 Å². The minimum absolute atomic E-state index is 0.0372. The van der Waals surface area contributed by atoms with E-state index in [1.165, 1.54) is 0 Å². The maximum atomic E-state index is 13.6. The van der Waals surface area contributed by atoms with Gasteiger partial charge in [0.25, 0.3) is 0 Å². The number of nitrogens with one attached hydrogen (secondary N) is 1. The van der Waals surface area contributed by atoms with Crippen molar-refractivity contribution >= 4 is 17.7 Å². The number of rotatable bonds is 8. The second kappa shape index (κ2) is 10.5. The van der Waals surface area contributed by atoms with Gasteiger partial charge in [-0.3, -0.25) is 9.59 Å². The smallest absolute Gasteiger partial charge is 0.326 e. The first-order valence-corrected chi connectivity index (χ1v) is 11.7. The highest BCUT2D eigenvalue weighted by Crippen LogP contribution is 2.42. The van der Waals surface area contributed by atoms with Gasteiger partial charge in [-0.25, -0.2) is 4.79 Å². The fraction of sp³-hybridized carbons (Fsp3) is 0.276. The number of hydrogen-bond donors (Lipinski definition) is 2. The Hall–Kier alpha value is -3.73. The van der Waals surface area contributed by atoms with Crippen molar-refractivity contribution in [3.05, 3.63) is 108 Å². The van der Waals surface area contributed by atoms with Crippen molar-refractivity contribution in [2.24, 2.45) is 5.92 Å². The van der Waals surface area contributed by atoms with Crippen molar-refractivity contribution in [2.45, 2.75) is 43.6 Å². The lowest BCUT2D eigenvalue weighted by atomic mass is 9.67. The van der Waals surface area contributed by atoms with Crippen LogP contribution in [0.4, 0.5) is 0 Å². The number of hydrogen-bond acceptors (Lipinski definition) is 3. The topological polar surface area (TPSA) is 83.5 Å². The molecule has 5 heteroatoms. The van der Waals surface area contributed by atoms with Crippen LogP contribution in [-0.2, 0) is 19.8 Å². The molecule has 1 aliphatic rings. The molecule has 0 unspecified atom stereocenters. The Morgan fingerprint density at radius 3 is 1.74 bits per heavy atom. The number of aliphatic carboxylic acids is 1. The van der Waals surface area contributed by atoms with E-state index in [1.807, 2.05) is 91.0 Å². The maximum Gasteiger partial charge on any atom is 0.326 e. The molecule has 0 aliphatic heterocycles. The largest absolute Gasteiger partial charge is 0.480 e. The molecule has 3 aromatic rings. The fourth-order valence-corrected chi connectivity index (χ4v) is 5.16. The molecule has 2 N–H and O–H groups in total. The van der Waals surface area contributed by atoms with Gasteiger partial charge in [-0.2, -0.15) is 0 Å². The van der Waals surface area contributed by atoms with Gasteiger partial charge in [-0.1, -0.05) is 91.0 Å². The van der Waals surface area contributed by atoms with Crippen molar-refractivity contribution < 1.29 is 19.5 Å². The summed E-state index contributed by atoms with van der Waals surface area (Å²) in [4.78, 5) is 37.6. The zero-order valence-corrected chi connectivity index (χ0v) is 19.0. The quantitative estimate of drug-likeness (QED) is 0.481. The van der Waals surface area contributed by atoms with E-state index >= 15 is 0 Å². The van der Waals surface area contributed by atoms with E-state index in [-0.39, 0.29) is 30.4 Å². The van der Waals surface area contributed by atoms with E-state index in [0.29, 0.717) is 19.3 Å². The van der Waals surface area contributed by atoms with Gasteiger partial charge in [-0.05, 0) is 35.4 Å². The minimum atomic E-state index is -1.10. The number of amides is 1. The van der Waals surface area contributed by atoms with Crippen molar-refractivity contribution in [1.29, 1.82) is 0 Å². The van der Waals surface area contributed by atoms with Crippen LogP contribution in [0.2, 0.25) is 0 Å². The third kappa shape index (κ3) is 4.93. The third-order valence-corrected chi connectivity index (χ3v) is 6.80. The van der Waals surface area contributed by atoms with Gasteiger partial charge in [0.15, 0.2) is 0 Å². The van der Waals surface area contributed by atoms with Gasteiger partial charge in [0.1, 0.15) is 11.8 Å². The molecule has 0 spiro atoms. The lowest BCUT2D eigenvalue weighted by Crippen LogP contribution is -2.49. The number of carboxylic acid groups (broad SMARTS) is 1. The predicted molar refractivity (Wildman–Crippen MR) is 130 cm³/mol. The normalized spacial score (nSPS) is 17.1. The highest BCUT2D eigenvalue weighted by molar-refractivity contribution is 5.87. The summed E-state index contributed by atoms with van der Waals surface area (Å²) in [6.07, 6.45) is 1.99. The molecule has 0 saturated heterocycles. The zero-order chi connectivity index (χ0) is 24.0. The van der Waals surface area contributed by atoms with Crippen LogP contribution in [0.15, 0.2) is 91.0 Å². The second-order valence-electron chi connectivity index (χ2n) is 8.96. The predicted octanol–water partition coefficient (Wildman–Crippen LogP) is 4.74. The Bertz CT molecular complexity index is 1030. The molecule has 0 bridgehead atoms. The highest BCUT2D eigenvalue weighted by Gasteiger charge is 2.40. The molecule has 0 aromatic heterocycles. The molecule has 34 heavy (non-hydrogen) atoms. The van der Waals surface area contributed by atoms with Crippen LogP contribution in [0.3, 0.4) is 0 Å². The van der Waals surface area contributed by atoms with Crippen LogP contribution >= 0.6 is 0 Å². The van der Waals surface area contributed by atoms with Gasteiger partial charge in [0.05, 0.1) is 5.41 Å². The molecule has 3 aromatic carbocycles. The number of carbonyl (C=O) groups excluding carboxylic acids is 2. The first-order valence-electron chi connectivity index (χ1n) is 11.7. The first-order chi connectivity index (χ1) is 16.5. The molecule has 5 nitrogen and oxygen atoms in total. The van der Waals surface area contributed by atoms with Crippen LogP contribution in [0.25, 0.3) is 0 Å². The van der Waals surface area contributed by atoms with E-state index in [9.17, 15) is 19.5 Å². The Labute approximate surface area is 199 Å². The van der Waals surface area contributed by atoms with Gasteiger partial charge < -0.3 is 10.4 Å². The Kier molecular flexibility index (Phi) is 7.21. The molecule has 4 rings (SSSR count). The summed E-state index contributed by atoms with van der Waals surface area (Å²) < 4.78 is 0. The van der Waals surface area contributed by atoms with Crippen LogP contribution < -0.4 is 5.32 Å². The molecule has 0 radical (unpaired) electrons. The third-order valence-electron chi connectivity index (χ3n) is 6.80. The summed E-state index contributed by atoms with van der Waals surface area (Å²) in [6, 6.07) is 28.4. The van der Waals surface area contributed by atoms with E-state index in [0.717, 1.165) is 16.7 Å². The number of ketones is 1. The number of benzene rings is 3. The maximum absolute atomic E-state index is 13.6. The van der Waals surface area contributed by atoms with E-state index in [4.69, 9.17) is 0 Å². The summed E-state index contributed by atoms with van der Waals surface area (Å²) in [6.45, 7) is 0. The van der Waals surface area contributed by atoms with Crippen molar-refractivity contribution in [1.82, 2.24) is 5.32 Å². The van der Waals surface area contributed by atoms with Gasteiger partial charge in [0.2, 0.25) is 5.91 Å². The van der Waals surface area contributed by atoms with E-state index < -0.39 is 17.4 Å². The summed E-state index contributed by atoms with van der Waals surface area (Å²) >= 11 is 0. The highest BCUT2D eigenvalue weighted by atomic mass is 16.4. The molecule has 1 aliphatic carbocycles. The summed E-state index contributed by atoms with van der Waals surface area (Å²) in [5.74, 6) is -1.79. The summed E-state index contributed by atoms with van der Waals surface area (Å²) in [5.41, 5.74) is 2.03. The number of carbonyl (C=O) groups is 3. The second-order valence-corrected chi connectivity index (χ2v) is 8.96. The van der Waals surface area contributed by atoms with E-state index in [1.54, 1.807) is 0 Å². The van der Waals surface area contributed by atoms with Crippen LogP contribution in [0, 0.1) is 5.92 Å². The molecule has 0 heterocycles. The summed E-state index contributed by atoms with van der Waals surface area (Å²) in [5, 5.41) is 12.7. The van der Waals surface area contributed by atoms with Crippen molar-refractivity contribution in [3.63, 3.8) is 0 Å². The first kappa shape index (κ1) is 23.4. The molecule has 1 fully saturated rings. The Balaban J connectivity index is 1.74. The fourth-order valence-electron chi connectivity index (χ4n) is 5.16.